The van der Waals surface area contributed by atoms with E-state index in [0.717, 1.165) is 18.3 Å². The molecule has 0 aliphatic heterocycles. The third-order valence-electron chi connectivity index (χ3n) is 2.56. The van der Waals surface area contributed by atoms with Crippen LogP contribution in [0.15, 0.2) is 0 Å². The lowest BCUT2D eigenvalue weighted by Crippen LogP contribution is -1.99. The van der Waals surface area contributed by atoms with Crippen LogP contribution < -0.4 is 0 Å². The van der Waals surface area contributed by atoms with E-state index in [1.165, 1.54) is 25.7 Å². The van der Waals surface area contributed by atoms with E-state index in [0.29, 0.717) is 0 Å². The van der Waals surface area contributed by atoms with E-state index in [1.54, 1.807) is 0 Å². The van der Waals surface area contributed by atoms with Gasteiger partial charge < -0.3 is 0 Å². The molecule has 0 bridgehead atoms. The highest BCUT2D eigenvalue weighted by atomic mass is 14.1. The van der Waals surface area contributed by atoms with Gasteiger partial charge in [0.05, 0.1) is 0 Å². The van der Waals surface area contributed by atoms with E-state index >= 15 is 0 Å². The van der Waals surface area contributed by atoms with Gasteiger partial charge in [-0.15, -0.1) is 11.8 Å². The molecule has 0 aliphatic carbocycles. The second-order valence-corrected chi connectivity index (χ2v) is 4.21. The second kappa shape index (κ2) is 8.17. The number of rotatable bonds is 6. The molecule has 2 atom stereocenters. The molecule has 0 aromatic rings. The molecule has 0 radical (unpaired) electrons. The van der Waals surface area contributed by atoms with Crippen molar-refractivity contribution in [1.82, 2.24) is 0 Å². The Bertz CT molecular complexity index is 159. The first kappa shape index (κ1) is 12.6. The molecule has 0 aliphatic rings. The van der Waals surface area contributed by atoms with Gasteiger partial charge in [0.15, 0.2) is 0 Å². The van der Waals surface area contributed by atoms with E-state index in [-0.39, 0.29) is 0 Å². The maximum atomic E-state index is 3.15. The molecule has 0 amide bonds. The largest absolute Gasteiger partial charge is 0.107 e. The van der Waals surface area contributed by atoms with E-state index in [1.807, 2.05) is 6.92 Å². The van der Waals surface area contributed by atoms with Crippen molar-refractivity contribution in [3.8, 4) is 11.8 Å². The van der Waals surface area contributed by atoms with Crippen molar-refractivity contribution in [3.63, 3.8) is 0 Å². The fourth-order valence-electron chi connectivity index (χ4n) is 1.58. The molecular weight excluding hydrogens is 156 g/mol. The first-order chi connectivity index (χ1) is 6.20. The Kier molecular flexibility index (Phi) is 7.90. The summed E-state index contributed by atoms with van der Waals surface area (Å²) in [6.45, 7) is 8.86. The lowest BCUT2D eigenvalue weighted by molar-refractivity contribution is 0.414. The monoisotopic (exact) mass is 180 g/mol. The molecule has 0 fully saturated rings. The van der Waals surface area contributed by atoms with Gasteiger partial charge >= 0.3 is 0 Å². The summed E-state index contributed by atoms with van der Waals surface area (Å²) in [4.78, 5) is 0. The Hall–Kier alpha value is -0.440. The summed E-state index contributed by atoms with van der Waals surface area (Å²) in [5.74, 6) is 7.80. The second-order valence-electron chi connectivity index (χ2n) is 4.21. The van der Waals surface area contributed by atoms with Gasteiger partial charge in [-0.05, 0) is 25.2 Å². The molecule has 13 heavy (non-hydrogen) atoms. The summed E-state index contributed by atoms with van der Waals surface area (Å²) in [5, 5.41) is 0. The van der Waals surface area contributed by atoms with Crippen molar-refractivity contribution in [2.75, 3.05) is 0 Å². The molecule has 2 unspecified atom stereocenters. The molecule has 0 nitrogen and oxygen atoms in total. The van der Waals surface area contributed by atoms with Crippen LogP contribution in [0.3, 0.4) is 0 Å². The van der Waals surface area contributed by atoms with Crippen molar-refractivity contribution in [3.05, 3.63) is 0 Å². The molecule has 0 saturated carbocycles. The highest BCUT2D eigenvalue weighted by Crippen LogP contribution is 2.17. The first-order valence-corrected chi connectivity index (χ1v) is 5.60. The van der Waals surface area contributed by atoms with Crippen molar-refractivity contribution >= 4 is 0 Å². The van der Waals surface area contributed by atoms with Crippen LogP contribution in [0.25, 0.3) is 0 Å². The minimum absolute atomic E-state index is 0.784. The quantitative estimate of drug-likeness (QED) is 0.536. The van der Waals surface area contributed by atoms with Crippen LogP contribution >= 0.6 is 0 Å². The molecule has 0 saturated heterocycles. The zero-order valence-corrected chi connectivity index (χ0v) is 9.69. The molecule has 0 rings (SSSR count). The van der Waals surface area contributed by atoms with Gasteiger partial charge in [-0.25, -0.2) is 0 Å². The number of hydrogen-bond acceptors (Lipinski definition) is 0. The summed E-state index contributed by atoms with van der Waals surface area (Å²) in [6.07, 6.45) is 6.50. The van der Waals surface area contributed by atoms with Crippen molar-refractivity contribution in [2.24, 2.45) is 11.8 Å². The van der Waals surface area contributed by atoms with E-state index in [9.17, 15) is 0 Å². The Morgan fingerprint density at radius 1 is 1.00 bits per heavy atom. The lowest BCUT2D eigenvalue weighted by Gasteiger charge is -2.12. The van der Waals surface area contributed by atoms with Crippen LogP contribution in [-0.2, 0) is 0 Å². The van der Waals surface area contributed by atoms with Crippen LogP contribution in [0, 0.1) is 23.7 Å². The Morgan fingerprint density at radius 3 is 2.15 bits per heavy atom. The van der Waals surface area contributed by atoms with Crippen molar-refractivity contribution < 1.29 is 0 Å². The van der Waals surface area contributed by atoms with Crippen LogP contribution in [-0.4, -0.2) is 0 Å². The third-order valence-corrected chi connectivity index (χ3v) is 2.56. The van der Waals surface area contributed by atoms with Crippen LogP contribution in [0.4, 0.5) is 0 Å². The maximum Gasteiger partial charge on any atom is 0.0114 e. The SMILES string of the molecule is CC#CCC(C)CCC(C)CCC. The predicted molar refractivity (Wildman–Crippen MR) is 60.5 cm³/mol. The normalized spacial score (nSPS) is 14.5. The molecule has 76 valence electrons. The average Bonchev–Trinajstić information content (AvgIpc) is 2.12. The number of hydrogen-bond donors (Lipinski definition) is 0. The van der Waals surface area contributed by atoms with Gasteiger partial charge in [0, 0.05) is 6.42 Å². The summed E-state index contributed by atoms with van der Waals surface area (Å²) >= 11 is 0. The Balaban J connectivity index is 3.43. The predicted octanol–water partition coefficient (Wildman–Crippen LogP) is 4.25. The minimum atomic E-state index is 0.784. The zero-order chi connectivity index (χ0) is 10.1. The summed E-state index contributed by atoms with van der Waals surface area (Å²) < 4.78 is 0. The van der Waals surface area contributed by atoms with E-state index < -0.39 is 0 Å². The third kappa shape index (κ3) is 7.91. The lowest BCUT2D eigenvalue weighted by atomic mass is 9.93. The summed E-state index contributed by atoms with van der Waals surface area (Å²) in [6, 6.07) is 0. The van der Waals surface area contributed by atoms with Gasteiger partial charge in [-0.3, -0.25) is 0 Å². The zero-order valence-electron chi connectivity index (χ0n) is 9.69. The maximum absolute atomic E-state index is 3.15. The van der Waals surface area contributed by atoms with Crippen molar-refractivity contribution in [1.29, 1.82) is 0 Å². The van der Waals surface area contributed by atoms with Gasteiger partial charge in [0.2, 0.25) is 0 Å². The molecular formula is C13H24. The highest BCUT2D eigenvalue weighted by molar-refractivity contribution is 4.95. The van der Waals surface area contributed by atoms with Crippen LogP contribution in [0.5, 0.6) is 0 Å². The standard InChI is InChI=1S/C13H24/c1-5-7-9-13(4)11-10-12(3)8-6-2/h12-13H,6,8-11H2,1-4H3. The van der Waals surface area contributed by atoms with Gasteiger partial charge in [0.1, 0.15) is 0 Å². The topological polar surface area (TPSA) is 0 Å². The smallest absolute Gasteiger partial charge is 0.0114 e. The van der Waals surface area contributed by atoms with Gasteiger partial charge in [-0.2, -0.15) is 0 Å². The van der Waals surface area contributed by atoms with Crippen LogP contribution in [0.2, 0.25) is 0 Å². The average molecular weight is 180 g/mol. The molecule has 0 heterocycles. The molecule has 0 heteroatoms. The van der Waals surface area contributed by atoms with E-state index in [2.05, 4.69) is 32.6 Å². The van der Waals surface area contributed by atoms with Gasteiger partial charge in [-0.1, -0.05) is 40.0 Å². The first-order valence-electron chi connectivity index (χ1n) is 5.60. The van der Waals surface area contributed by atoms with Gasteiger partial charge in [0.25, 0.3) is 0 Å². The molecule has 0 spiro atoms. The van der Waals surface area contributed by atoms with E-state index in [4.69, 9.17) is 0 Å². The Morgan fingerprint density at radius 2 is 1.62 bits per heavy atom. The molecule has 0 aromatic heterocycles. The van der Waals surface area contributed by atoms with Crippen molar-refractivity contribution in [2.45, 2.75) is 59.8 Å². The highest BCUT2D eigenvalue weighted by Gasteiger charge is 2.04. The molecule has 0 aromatic carbocycles. The Labute approximate surface area is 84.1 Å². The fourth-order valence-corrected chi connectivity index (χ4v) is 1.58. The minimum Gasteiger partial charge on any atom is -0.107 e. The van der Waals surface area contributed by atoms with Crippen LogP contribution in [0.1, 0.15) is 59.8 Å². The fraction of sp³-hybridized carbons (Fsp3) is 0.846. The molecule has 0 N–H and O–H groups in total. The summed E-state index contributed by atoms with van der Waals surface area (Å²) in [7, 11) is 0. The summed E-state index contributed by atoms with van der Waals surface area (Å²) in [5.41, 5.74) is 0.